The Morgan fingerprint density at radius 1 is 1.20 bits per heavy atom. The van der Waals surface area contributed by atoms with E-state index in [2.05, 4.69) is 15.6 Å². The Bertz CT molecular complexity index is 626. The third-order valence-electron chi connectivity index (χ3n) is 3.42. The first kappa shape index (κ1) is 12.6. The Hall–Kier alpha value is -2.43. The van der Waals surface area contributed by atoms with Crippen LogP contribution in [-0.4, -0.2) is 11.0 Å². The van der Waals surface area contributed by atoms with Gasteiger partial charge in [0.25, 0.3) is 0 Å². The largest absolute Gasteiger partial charge is 0.328 e. The van der Waals surface area contributed by atoms with Crippen LogP contribution in [0.2, 0.25) is 0 Å². The van der Waals surface area contributed by atoms with E-state index >= 15 is 0 Å². The number of aromatic nitrogens is 1. The Labute approximate surface area is 116 Å². The van der Waals surface area contributed by atoms with Gasteiger partial charge in [-0.15, -0.1) is 0 Å². The fraction of sp³-hybridized carbons (Fsp3) is 0.200. The molecule has 1 fully saturated rings. The summed E-state index contributed by atoms with van der Waals surface area (Å²) in [6, 6.07) is 9.49. The number of nitrogens with one attached hydrogen (secondary N) is 2. The molecule has 1 heterocycles. The summed E-state index contributed by atoms with van der Waals surface area (Å²) in [5.41, 5.74) is 1.05. The van der Waals surface area contributed by atoms with Gasteiger partial charge in [0.05, 0.1) is 5.54 Å². The quantitative estimate of drug-likeness (QED) is 0.901. The number of benzene rings is 1. The van der Waals surface area contributed by atoms with Gasteiger partial charge in [0.15, 0.2) is 0 Å². The lowest BCUT2D eigenvalue weighted by Crippen LogP contribution is -2.38. The molecule has 1 aromatic carbocycles. The van der Waals surface area contributed by atoms with E-state index in [1.807, 2.05) is 6.07 Å². The van der Waals surface area contributed by atoms with E-state index in [-0.39, 0.29) is 11.8 Å². The minimum absolute atomic E-state index is 0.287. The fourth-order valence-electron chi connectivity index (χ4n) is 2.21. The molecule has 1 saturated carbocycles. The van der Waals surface area contributed by atoms with Gasteiger partial charge < -0.3 is 10.6 Å². The van der Waals surface area contributed by atoms with Crippen molar-refractivity contribution in [1.82, 2.24) is 10.3 Å². The zero-order chi connectivity index (χ0) is 14.0. The van der Waals surface area contributed by atoms with Crippen molar-refractivity contribution >= 4 is 11.7 Å². The average molecular weight is 271 g/mol. The number of amides is 2. The second-order valence-corrected chi connectivity index (χ2v) is 4.91. The van der Waals surface area contributed by atoms with Crippen LogP contribution in [0, 0.1) is 5.82 Å². The molecule has 0 radical (unpaired) electrons. The highest BCUT2D eigenvalue weighted by Crippen LogP contribution is 2.45. The smallest absolute Gasteiger partial charge is 0.319 e. The summed E-state index contributed by atoms with van der Waals surface area (Å²) in [6.45, 7) is 0. The van der Waals surface area contributed by atoms with Crippen molar-refractivity contribution in [3.8, 4) is 0 Å². The molecule has 1 aromatic heterocycles. The van der Waals surface area contributed by atoms with Crippen LogP contribution in [0.1, 0.15) is 18.4 Å². The van der Waals surface area contributed by atoms with Gasteiger partial charge in [0, 0.05) is 18.1 Å². The monoisotopic (exact) mass is 271 g/mol. The second kappa shape index (κ2) is 4.92. The maximum absolute atomic E-state index is 13.3. The van der Waals surface area contributed by atoms with Crippen LogP contribution in [0.15, 0.2) is 48.8 Å². The minimum atomic E-state index is -0.431. The molecule has 102 valence electrons. The van der Waals surface area contributed by atoms with Crippen LogP contribution in [0.5, 0.6) is 0 Å². The Kier molecular flexibility index (Phi) is 3.10. The number of anilines is 1. The van der Waals surface area contributed by atoms with Crippen LogP contribution in [0.4, 0.5) is 14.9 Å². The van der Waals surface area contributed by atoms with Crippen molar-refractivity contribution in [2.75, 3.05) is 5.32 Å². The number of carbonyl (C=O) groups excluding carboxylic acids is 1. The third-order valence-corrected chi connectivity index (χ3v) is 3.42. The number of hydrogen-bond donors (Lipinski definition) is 2. The van der Waals surface area contributed by atoms with E-state index in [0.717, 1.165) is 18.4 Å². The predicted molar refractivity (Wildman–Crippen MR) is 73.7 cm³/mol. The van der Waals surface area contributed by atoms with Crippen LogP contribution < -0.4 is 10.6 Å². The number of hydrogen-bond acceptors (Lipinski definition) is 2. The van der Waals surface area contributed by atoms with E-state index in [9.17, 15) is 9.18 Å². The molecule has 0 saturated heterocycles. The number of nitrogens with zero attached hydrogens (tertiary/aromatic N) is 1. The first-order valence-electron chi connectivity index (χ1n) is 6.43. The minimum Gasteiger partial charge on any atom is -0.328 e. The third kappa shape index (κ3) is 2.61. The van der Waals surface area contributed by atoms with Crippen molar-refractivity contribution in [3.63, 3.8) is 0 Å². The van der Waals surface area contributed by atoms with E-state index in [4.69, 9.17) is 0 Å². The molecular formula is C15H14FN3O. The van der Waals surface area contributed by atoms with E-state index in [1.54, 1.807) is 30.6 Å². The van der Waals surface area contributed by atoms with Gasteiger partial charge in [-0.3, -0.25) is 4.98 Å². The predicted octanol–water partition coefficient (Wildman–Crippen LogP) is 3.03. The number of urea groups is 1. The Morgan fingerprint density at radius 2 is 1.95 bits per heavy atom. The molecule has 0 aliphatic heterocycles. The molecule has 2 amide bonds. The maximum atomic E-state index is 13.3. The van der Waals surface area contributed by atoms with Gasteiger partial charge in [-0.2, -0.15) is 0 Å². The summed E-state index contributed by atoms with van der Waals surface area (Å²) in [6.07, 6.45) is 4.85. The molecule has 2 N–H and O–H groups in total. The van der Waals surface area contributed by atoms with Gasteiger partial charge in [0.2, 0.25) is 0 Å². The highest BCUT2D eigenvalue weighted by molar-refractivity contribution is 5.90. The van der Waals surface area contributed by atoms with Crippen LogP contribution in [0.3, 0.4) is 0 Å². The van der Waals surface area contributed by atoms with Crippen molar-refractivity contribution in [3.05, 3.63) is 60.2 Å². The molecule has 0 unspecified atom stereocenters. The van der Waals surface area contributed by atoms with Gasteiger partial charge in [-0.1, -0.05) is 12.1 Å². The lowest BCUT2D eigenvalue weighted by atomic mass is 10.1. The lowest BCUT2D eigenvalue weighted by Gasteiger charge is -2.18. The highest BCUT2D eigenvalue weighted by Gasteiger charge is 2.45. The second-order valence-electron chi connectivity index (χ2n) is 4.91. The summed E-state index contributed by atoms with van der Waals surface area (Å²) >= 11 is 0. The molecular weight excluding hydrogens is 257 g/mol. The molecule has 1 aliphatic carbocycles. The molecule has 4 nitrogen and oxygen atoms in total. The van der Waals surface area contributed by atoms with E-state index in [1.165, 1.54) is 12.1 Å². The average Bonchev–Trinajstić information content (AvgIpc) is 3.20. The normalized spacial score (nSPS) is 15.4. The molecule has 0 bridgehead atoms. The summed E-state index contributed by atoms with van der Waals surface area (Å²) in [5, 5.41) is 5.66. The topological polar surface area (TPSA) is 54.0 Å². The zero-order valence-electron chi connectivity index (χ0n) is 10.8. The summed E-state index contributed by atoms with van der Waals surface area (Å²) in [7, 11) is 0. The number of pyridine rings is 1. The Balaban J connectivity index is 1.70. The van der Waals surface area contributed by atoms with Crippen molar-refractivity contribution < 1.29 is 9.18 Å². The first-order chi connectivity index (χ1) is 9.68. The maximum Gasteiger partial charge on any atom is 0.319 e. The first-order valence-corrected chi connectivity index (χ1v) is 6.43. The summed E-state index contributed by atoms with van der Waals surface area (Å²) in [5.74, 6) is -0.287. The molecule has 0 atom stereocenters. The zero-order valence-corrected chi connectivity index (χ0v) is 10.8. The molecule has 2 aromatic rings. The molecule has 5 heteroatoms. The number of halogens is 1. The van der Waals surface area contributed by atoms with Gasteiger partial charge >= 0.3 is 6.03 Å². The van der Waals surface area contributed by atoms with Gasteiger partial charge in [0.1, 0.15) is 5.82 Å². The van der Waals surface area contributed by atoms with Gasteiger partial charge in [-0.05, 0) is 42.7 Å². The molecule has 1 aliphatic rings. The number of rotatable bonds is 3. The standard InChI is InChI=1S/C15H14FN3O/c16-12-3-1-2-11(10-12)15(6-7-15)19-14(20)18-13-4-8-17-9-5-13/h1-5,8-10H,6-7H2,(H2,17,18,19,20). The highest BCUT2D eigenvalue weighted by atomic mass is 19.1. The SMILES string of the molecule is O=C(Nc1ccncc1)NC1(c2cccc(F)c2)CC1. The van der Waals surface area contributed by atoms with Crippen LogP contribution >= 0.6 is 0 Å². The number of carbonyl (C=O) groups is 1. The Morgan fingerprint density at radius 3 is 2.60 bits per heavy atom. The van der Waals surface area contributed by atoms with Crippen molar-refractivity contribution in [2.24, 2.45) is 0 Å². The van der Waals surface area contributed by atoms with Crippen molar-refractivity contribution in [2.45, 2.75) is 18.4 Å². The molecule has 20 heavy (non-hydrogen) atoms. The van der Waals surface area contributed by atoms with E-state index in [0.29, 0.717) is 5.69 Å². The van der Waals surface area contributed by atoms with Crippen LogP contribution in [0.25, 0.3) is 0 Å². The summed E-state index contributed by atoms with van der Waals surface area (Å²) in [4.78, 5) is 15.9. The van der Waals surface area contributed by atoms with Gasteiger partial charge in [-0.25, -0.2) is 9.18 Å². The van der Waals surface area contributed by atoms with Crippen LogP contribution in [-0.2, 0) is 5.54 Å². The van der Waals surface area contributed by atoms with Crippen molar-refractivity contribution in [1.29, 1.82) is 0 Å². The fourth-order valence-corrected chi connectivity index (χ4v) is 2.21. The molecule has 3 rings (SSSR count). The lowest BCUT2D eigenvalue weighted by molar-refractivity contribution is 0.247. The summed E-state index contributed by atoms with van der Waals surface area (Å²) < 4.78 is 13.3. The molecule has 0 spiro atoms. The van der Waals surface area contributed by atoms with E-state index < -0.39 is 5.54 Å².